The van der Waals surface area contributed by atoms with Gasteiger partial charge >= 0.3 is 0 Å². The molecule has 0 bridgehead atoms. The highest BCUT2D eigenvalue weighted by Gasteiger charge is 2.30. The molecule has 1 saturated heterocycles. The van der Waals surface area contributed by atoms with E-state index in [2.05, 4.69) is 32.1 Å². The quantitative estimate of drug-likeness (QED) is 0.841. The van der Waals surface area contributed by atoms with Crippen LogP contribution in [0.4, 0.5) is 10.3 Å². The zero-order valence-electron chi connectivity index (χ0n) is 16.1. The minimum absolute atomic E-state index is 0.164. The molecule has 0 radical (unpaired) electrons. The smallest absolute Gasteiger partial charge is 0.271 e. The summed E-state index contributed by atoms with van der Waals surface area (Å²) in [5.41, 5.74) is 0.430. The highest BCUT2D eigenvalue weighted by Crippen LogP contribution is 2.28. The van der Waals surface area contributed by atoms with Gasteiger partial charge in [0.05, 0.1) is 18.7 Å². The second kappa shape index (κ2) is 8.45. The fraction of sp³-hybridized carbons (Fsp3) is 0.579. The van der Waals surface area contributed by atoms with Crippen molar-refractivity contribution in [1.82, 2.24) is 24.8 Å². The van der Waals surface area contributed by atoms with Gasteiger partial charge in [-0.2, -0.15) is 0 Å². The summed E-state index contributed by atoms with van der Waals surface area (Å²) in [6.45, 7) is 7.67. The maximum Gasteiger partial charge on any atom is 0.271 e. The Labute approximate surface area is 159 Å². The van der Waals surface area contributed by atoms with Gasteiger partial charge in [0.15, 0.2) is 5.82 Å². The Bertz CT molecular complexity index is 760. The Kier molecular flexibility index (Phi) is 6.03. The molecule has 2 unspecified atom stereocenters. The Hall–Kier alpha value is -2.51. The molecular weight excluding hydrogens is 347 g/mol. The van der Waals surface area contributed by atoms with Gasteiger partial charge < -0.3 is 14.8 Å². The van der Waals surface area contributed by atoms with Crippen molar-refractivity contribution in [3.8, 4) is 0 Å². The number of carbonyl (C=O) groups excluding carboxylic acids is 1. The Morgan fingerprint density at radius 2 is 2.07 bits per heavy atom. The van der Waals surface area contributed by atoms with E-state index in [0.29, 0.717) is 24.1 Å². The molecule has 1 aliphatic heterocycles. The van der Waals surface area contributed by atoms with E-state index in [-0.39, 0.29) is 18.0 Å². The van der Waals surface area contributed by atoms with Crippen LogP contribution in [0.3, 0.4) is 0 Å². The number of hydrogen-bond acceptors (Lipinski definition) is 5. The van der Waals surface area contributed by atoms with Gasteiger partial charge in [0.1, 0.15) is 5.69 Å². The number of piperidine rings is 1. The van der Waals surface area contributed by atoms with Crippen LogP contribution < -0.4 is 10.2 Å². The number of amides is 1. The van der Waals surface area contributed by atoms with Crippen molar-refractivity contribution < 1.29 is 9.18 Å². The van der Waals surface area contributed by atoms with Crippen LogP contribution >= 0.6 is 0 Å². The minimum atomic E-state index is -0.437. The summed E-state index contributed by atoms with van der Waals surface area (Å²) in [4.78, 5) is 26.9. The SMILES string of the molecule is CC1CCCN(c2ncc(F)cn2)C1CCNC(=O)c1cn(C(C)C)cn1. The van der Waals surface area contributed by atoms with E-state index in [1.165, 1.54) is 12.4 Å². The second-order valence-electron chi connectivity index (χ2n) is 7.43. The molecule has 0 aromatic carbocycles. The summed E-state index contributed by atoms with van der Waals surface area (Å²) in [6, 6.07) is 0.476. The average molecular weight is 374 g/mol. The topological polar surface area (TPSA) is 75.9 Å². The summed E-state index contributed by atoms with van der Waals surface area (Å²) in [7, 11) is 0. The molecule has 1 fully saturated rings. The molecule has 1 amide bonds. The maximum absolute atomic E-state index is 13.1. The largest absolute Gasteiger partial charge is 0.351 e. The maximum atomic E-state index is 13.1. The zero-order valence-corrected chi connectivity index (χ0v) is 16.1. The second-order valence-corrected chi connectivity index (χ2v) is 7.43. The standard InChI is InChI=1S/C19H27FN6O/c1-13(2)25-11-16(24-12-25)18(27)21-7-6-17-14(3)5-4-8-26(17)19-22-9-15(20)10-23-19/h9-14,17H,4-8H2,1-3H3,(H,21,27). The first-order valence-electron chi connectivity index (χ1n) is 9.51. The first-order chi connectivity index (χ1) is 13.0. The number of nitrogens with one attached hydrogen (secondary N) is 1. The van der Waals surface area contributed by atoms with Gasteiger partial charge in [-0.15, -0.1) is 0 Å². The molecule has 27 heavy (non-hydrogen) atoms. The van der Waals surface area contributed by atoms with Crippen LogP contribution in [0.15, 0.2) is 24.9 Å². The number of hydrogen-bond donors (Lipinski definition) is 1. The molecule has 0 spiro atoms. The zero-order chi connectivity index (χ0) is 19.4. The van der Waals surface area contributed by atoms with Crippen LogP contribution in [0, 0.1) is 11.7 Å². The van der Waals surface area contributed by atoms with Gasteiger partial charge in [-0.3, -0.25) is 4.79 Å². The molecule has 2 atom stereocenters. The van der Waals surface area contributed by atoms with Gasteiger partial charge in [0.2, 0.25) is 5.95 Å². The highest BCUT2D eigenvalue weighted by molar-refractivity contribution is 5.91. The number of nitrogens with zero attached hydrogens (tertiary/aromatic N) is 5. The third kappa shape index (κ3) is 4.61. The predicted molar refractivity (Wildman–Crippen MR) is 101 cm³/mol. The molecule has 3 heterocycles. The summed E-state index contributed by atoms with van der Waals surface area (Å²) >= 11 is 0. The van der Waals surface area contributed by atoms with E-state index in [9.17, 15) is 9.18 Å². The van der Waals surface area contributed by atoms with Crippen molar-refractivity contribution >= 4 is 11.9 Å². The van der Waals surface area contributed by atoms with E-state index < -0.39 is 5.82 Å². The van der Waals surface area contributed by atoms with E-state index in [1.807, 2.05) is 18.4 Å². The lowest BCUT2D eigenvalue weighted by atomic mass is 9.89. The van der Waals surface area contributed by atoms with Crippen LogP contribution in [0.1, 0.15) is 56.6 Å². The molecule has 1 N–H and O–H groups in total. The van der Waals surface area contributed by atoms with Crippen molar-refractivity contribution in [2.45, 2.75) is 52.1 Å². The van der Waals surface area contributed by atoms with E-state index in [1.54, 1.807) is 12.5 Å². The number of rotatable bonds is 6. The number of halogens is 1. The van der Waals surface area contributed by atoms with Crippen molar-refractivity contribution in [3.05, 3.63) is 36.4 Å². The van der Waals surface area contributed by atoms with Crippen LogP contribution in [0.25, 0.3) is 0 Å². The van der Waals surface area contributed by atoms with Crippen molar-refractivity contribution in [2.24, 2.45) is 5.92 Å². The summed E-state index contributed by atoms with van der Waals surface area (Å²) in [6.07, 6.45) is 8.79. The van der Waals surface area contributed by atoms with E-state index >= 15 is 0 Å². The average Bonchev–Trinajstić information content (AvgIpc) is 3.14. The molecular formula is C19H27FN6O. The van der Waals surface area contributed by atoms with E-state index in [0.717, 1.165) is 25.8 Å². The van der Waals surface area contributed by atoms with Gasteiger partial charge in [0, 0.05) is 31.4 Å². The van der Waals surface area contributed by atoms with Crippen LogP contribution in [0.2, 0.25) is 0 Å². The molecule has 146 valence electrons. The monoisotopic (exact) mass is 374 g/mol. The van der Waals surface area contributed by atoms with Crippen molar-refractivity contribution in [2.75, 3.05) is 18.0 Å². The van der Waals surface area contributed by atoms with Gasteiger partial charge in [0.25, 0.3) is 5.91 Å². The predicted octanol–water partition coefficient (Wildman–Crippen LogP) is 2.82. The fourth-order valence-electron chi connectivity index (χ4n) is 3.55. The molecule has 2 aromatic rings. The first-order valence-corrected chi connectivity index (χ1v) is 9.51. The third-order valence-corrected chi connectivity index (χ3v) is 5.14. The molecule has 3 rings (SSSR count). The first kappa shape index (κ1) is 19.3. The fourth-order valence-corrected chi connectivity index (χ4v) is 3.55. The highest BCUT2D eigenvalue weighted by atomic mass is 19.1. The number of aromatic nitrogens is 4. The van der Waals surface area contributed by atoms with Crippen molar-refractivity contribution in [1.29, 1.82) is 0 Å². The molecule has 0 aliphatic carbocycles. The third-order valence-electron chi connectivity index (χ3n) is 5.14. The summed E-state index contributed by atoms with van der Waals surface area (Å²) < 4.78 is 15.0. The number of imidazole rings is 1. The van der Waals surface area contributed by atoms with Crippen LogP contribution in [-0.4, -0.2) is 44.6 Å². The Balaban J connectivity index is 1.60. The minimum Gasteiger partial charge on any atom is -0.351 e. The Morgan fingerprint density at radius 1 is 1.33 bits per heavy atom. The molecule has 0 saturated carbocycles. The van der Waals surface area contributed by atoms with Gasteiger partial charge in [-0.05, 0) is 39.0 Å². The van der Waals surface area contributed by atoms with Crippen LogP contribution in [0.5, 0.6) is 0 Å². The van der Waals surface area contributed by atoms with E-state index in [4.69, 9.17) is 0 Å². The van der Waals surface area contributed by atoms with Gasteiger partial charge in [-0.1, -0.05) is 6.92 Å². The number of carbonyl (C=O) groups is 1. The molecule has 1 aliphatic rings. The van der Waals surface area contributed by atoms with Crippen molar-refractivity contribution in [3.63, 3.8) is 0 Å². The van der Waals surface area contributed by atoms with Gasteiger partial charge in [-0.25, -0.2) is 19.3 Å². The Morgan fingerprint density at radius 3 is 2.74 bits per heavy atom. The normalized spacial score (nSPS) is 20.1. The lowest BCUT2D eigenvalue weighted by Crippen LogP contribution is -2.47. The summed E-state index contributed by atoms with van der Waals surface area (Å²) in [5, 5.41) is 2.96. The molecule has 7 nitrogen and oxygen atoms in total. The summed E-state index contributed by atoms with van der Waals surface area (Å²) in [5.74, 6) is 0.398. The number of anilines is 1. The molecule has 8 heteroatoms. The lowest BCUT2D eigenvalue weighted by molar-refractivity contribution is 0.0946. The van der Waals surface area contributed by atoms with Crippen LogP contribution in [-0.2, 0) is 0 Å². The molecule has 2 aromatic heterocycles. The lowest BCUT2D eigenvalue weighted by Gasteiger charge is -2.40.